The van der Waals surface area contributed by atoms with Crippen LogP contribution in [0.15, 0.2) is 59.7 Å². The molecule has 0 aliphatic rings. The fraction of sp³-hybridized carbons (Fsp3) is 0.292. The zero-order valence-electron chi connectivity index (χ0n) is 18.1. The summed E-state index contributed by atoms with van der Waals surface area (Å²) in [6.07, 6.45) is 3.33. The summed E-state index contributed by atoms with van der Waals surface area (Å²) in [6, 6.07) is 13.2. The van der Waals surface area contributed by atoms with Crippen LogP contribution in [-0.2, 0) is 6.61 Å². The Morgan fingerprint density at radius 1 is 1.10 bits per heavy atom. The van der Waals surface area contributed by atoms with Crippen molar-refractivity contribution in [2.24, 2.45) is 0 Å². The molecule has 0 aliphatic carbocycles. The zero-order valence-corrected chi connectivity index (χ0v) is 19.1. The molecule has 0 fully saturated rings. The Kier molecular flexibility index (Phi) is 6.53. The molecule has 1 aromatic carbocycles. The smallest absolute Gasteiger partial charge is 0.254 e. The minimum absolute atomic E-state index is 0.0944. The molecule has 3 aromatic rings. The lowest BCUT2D eigenvalue weighted by Gasteiger charge is -2.19. The highest BCUT2D eigenvalue weighted by Gasteiger charge is 2.14. The van der Waals surface area contributed by atoms with Gasteiger partial charge >= 0.3 is 0 Å². The topological polar surface area (TPSA) is 57.0 Å². The van der Waals surface area contributed by atoms with Crippen LogP contribution in [0.3, 0.4) is 0 Å². The molecule has 2 aromatic heterocycles. The molecule has 2 heterocycles. The molecule has 1 unspecified atom stereocenters. The molecule has 0 spiro atoms. The van der Waals surface area contributed by atoms with E-state index in [1.807, 2.05) is 44.2 Å². The molecule has 0 saturated heterocycles. The predicted molar refractivity (Wildman–Crippen MR) is 122 cm³/mol. The lowest BCUT2D eigenvalue weighted by Crippen LogP contribution is -2.25. The molecule has 0 aliphatic heterocycles. The van der Waals surface area contributed by atoms with Gasteiger partial charge in [-0.15, -0.1) is 5.54 Å². The third-order valence-electron chi connectivity index (χ3n) is 4.58. The van der Waals surface area contributed by atoms with Crippen LogP contribution in [0.25, 0.3) is 0 Å². The lowest BCUT2D eigenvalue weighted by atomic mass is 10.1. The van der Waals surface area contributed by atoms with Crippen LogP contribution in [0.1, 0.15) is 35.6 Å². The number of ether oxygens (including phenoxy) is 1. The fourth-order valence-corrected chi connectivity index (χ4v) is 3.59. The molecule has 3 rings (SSSR count). The highest BCUT2D eigenvalue weighted by atomic mass is 28.3. The van der Waals surface area contributed by atoms with E-state index >= 15 is 0 Å². The summed E-state index contributed by atoms with van der Waals surface area (Å²) >= 11 is 0. The Morgan fingerprint density at radius 3 is 2.37 bits per heavy atom. The first-order valence-corrected chi connectivity index (χ1v) is 13.5. The van der Waals surface area contributed by atoms with Crippen LogP contribution in [-0.4, -0.2) is 22.6 Å². The van der Waals surface area contributed by atoms with E-state index in [4.69, 9.17) is 4.74 Å². The number of pyridine rings is 1. The number of aryl methyl sites for hydroxylation is 1. The number of benzene rings is 1. The molecular formula is C24H27N3O2Si. The zero-order chi connectivity index (χ0) is 21.7. The second-order valence-electron chi connectivity index (χ2n) is 8.29. The fourth-order valence-electron chi connectivity index (χ4n) is 3.07. The second kappa shape index (κ2) is 9.10. The van der Waals surface area contributed by atoms with Crippen molar-refractivity contribution in [3.8, 4) is 17.2 Å². The van der Waals surface area contributed by atoms with Crippen LogP contribution >= 0.6 is 0 Å². The first kappa shape index (κ1) is 21.5. The first-order valence-electron chi connectivity index (χ1n) is 9.98. The summed E-state index contributed by atoms with van der Waals surface area (Å²) < 4.78 is 7.49. The SMILES string of the molecule is Cc1cc(OCc2ncccn2)cc(=O)n1C(C)c1ccc(C#C[Si](C)(C)C)cc1. The monoisotopic (exact) mass is 417 g/mol. The standard InChI is InChI=1S/C24H27N3O2Si/c1-18-15-22(29-17-23-25-12-6-13-26-23)16-24(28)27(18)19(2)21-9-7-20(8-10-21)11-14-30(3,4)5/h6-10,12-13,15-16,19H,17H2,1-5H3. The number of hydrogen-bond donors (Lipinski definition) is 0. The van der Waals surface area contributed by atoms with Gasteiger partial charge in [0, 0.05) is 29.7 Å². The van der Waals surface area contributed by atoms with E-state index in [-0.39, 0.29) is 18.2 Å². The van der Waals surface area contributed by atoms with Crippen molar-refractivity contribution in [2.45, 2.75) is 46.1 Å². The maximum absolute atomic E-state index is 12.8. The van der Waals surface area contributed by atoms with E-state index in [0.29, 0.717) is 11.6 Å². The largest absolute Gasteiger partial charge is 0.485 e. The van der Waals surface area contributed by atoms with E-state index in [2.05, 4.69) is 41.1 Å². The van der Waals surface area contributed by atoms with Crippen LogP contribution < -0.4 is 10.3 Å². The average Bonchev–Trinajstić information content (AvgIpc) is 2.71. The van der Waals surface area contributed by atoms with E-state index in [0.717, 1.165) is 16.8 Å². The van der Waals surface area contributed by atoms with Crippen LogP contribution in [0.2, 0.25) is 19.6 Å². The molecule has 5 nitrogen and oxygen atoms in total. The van der Waals surface area contributed by atoms with Crippen molar-refractivity contribution in [1.82, 2.24) is 14.5 Å². The number of nitrogens with zero attached hydrogens (tertiary/aromatic N) is 3. The molecule has 0 amide bonds. The third-order valence-corrected chi connectivity index (χ3v) is 5.46. The van der Waals surface area contributed by atoms with Crippen molar-refractivity contribution < 1.29 is 4.74 Å². The number of hydrogen-bond acceptors (Lipinski definition) is 4. The Morgan fingerprint density at radius 2 is 1.77 bits per heavy atom. The van der Waals surface area contributed by atoms with Crippen LogP contribution in [0, 0.1) is 18.4 Å². The third kappa shape index (κ3) is 5.68. The number of rotatable bonds is 5. The maximum Gasteiger partial charge on any atom is 0.254 e. The minimum Gasteiger partial charge on any atom is -0.485 e. The Bertz CT molecular complexity index is 1120. The molecule has 1 atom stereocenters. The lowest BCUT2D eigenvalue weighted by molar-refractivity contribution is 0.294. The van der Waals surface area contributed by atoms with E-state index < -0.39 is 8.07 Å². The van der Waals surface area contributed by atoms with Crippen molar-refractivity contribution in [2.75, 3.05) is 0 Å². The summed E-state index contributed by atoms with van der Waals surface area (Å²) in [5.41, 5.74) is 6.17. The van der Waals surface area contributed by atoms with Crippen molar-refractivity contribution in [1.29, 1.82) is 0 Å². The summed E-state index contributed by atoms with van der Waals surface area (Å²) in [5.74, 6) is 4.36. The summed E-state index contributed by atoms with van der Waals surface area (Å²) in [5, 5.41) is 0. The molecule has 0 saturated carbocycles. The highest BCUT2D eigenvalue weighted by Crippen LogP contribution is 2.21. The Hall–Kier alpha value is -3.17. The first-order chi connectivity index (χ1) is 14.2. The van der Waals surface area contributed by atoms with Gasteiger partial charge in [-0.3, -0.25) is 4.79 Å². The second-order valence-corrected chi connectivity index (χ2v) is 13.0. The van der Waals surface area contributed by atoms with Gasteiger partial charge in [-0.1, -0.05) is 37.7 Å². The molecule has 30 heavy (non-hydrogen) atoms. The van der Waals surface area contributed by atoms with Gasteiger partial charge in [0.05, 0.1) is 6.04 Å². The van der Waals surface area contributed by atoms with E-state index in [9.17, 15) is 4.79 Å². The highest BCUT2D eigenvalue weighted by molar-refractivity contribution is 6.83. The summed E-state index contributed by atoms with van der Waals surface area (Å²) in [7, 11) is -1.40. The van der Waals surface area contributed by atoms with Gasteiger partial charge in [0.15, 0.2) is 5.82 Å². The Balaban J connectivity index is 1.78. The van der Waals surface area contributed by atoms with Gasteiger partial charge in [0.25, 0.3) is 5.56 Å². The van der Waals surface area contributed by atoms with Crippen molar-refractivity contribution in [3.63, 3.8) is 0 Å². The predicted octanol–water partition coefficient (Wildman–Crippen LogP) is 4.36. The van der Waals surface area contributed by atoms with E-state index in [1.54, 1.807) is 23.0 Å². The van der Waals surface area contributed by atoms with Gasteiger partial charge in [0.1, 0.15) is 20.4 Å². The summed E-state index contributed by atoms with van der Waals surface area (Å²) in [4.78, 5) is 21.1. The molecule has 154 valence electrons. The van der Waals surface area contributed by atoms with Crippen LogP contribution in [0.4, 0.5) is 0 Å². The molecular weight excluding hydrogens is 390 g/mol. The van der Waals surface area contributed by atoms with Gasteiger partial charge < -0.3 is 9.30 Å². The molecule has 0 radical (unpaired) electrons. The van der Waals surface area contributed by atoms with Gasteiger partial charge in [-0.25, -0.2) is 9.97 Å². The molecule has 0 N–H and O–H groups in total. The minimum atomic E-state index is -1.40. The van der Waals surface area contributed by atoms with E-state index in [1.165, 1.54) is 6.07 Å². The summed E-state index contributed by atoms with van der Waals surface area (Å²) in [6.45, 7) is 10.8. The molecule has 0 bridgehead atoms. The average molecular weight is 418 g/mol. The van der Waals surface area contributed by atoms with Gasteiger partial charge in [-0.2, -0.15) is 0 Å². The number of aromatic nitrogens is 3. The maximum atomic E-state index is 12.8. The quantitative estimate of drug-likeness (QED) is 0.457. The van der Waals surface area contributed by atoms with Crippen molar-refractivity contribution >= 4 is 8.07 Å². The van der Waals surface area contributed by atoms with Crippen LogP contribution in [0.5, 0.6) is 5.75 Å². The molecule has 6 heteroatoms. The van der Waals surface area contributed by atoms with Gasteiger partial charge in [0.2, 0.25) is 0 Å². The van der Waals surface area contributed by atoms with Crippen molar-refractivity contribution in [3.05, 3.63) is 87.9 Å². The normalized spacial score (nSPS) is 12.0. The Labute approximate surface area is 178 Å². The van der Waals surface area contributed by atoms with Gasteiger partial charge in [-0.05, 0) is 43.7 Å².